The Morgan fingerprint density at radius 2 is 1.08 bits per heavy atom. The van der Waals surface area contributed by atoms with Gasteiger partial charge in [-0.3, -0.25) is 0 Å². The molecule has 2 N–H and O–H groups in total. The summed E-state index contributed by atoms with van der Waals surface area (Å²) in [5, 5.41) is 0. The number of rotatable bonds is 4. The molecule has 25 heavy (non-hydrogen) atoms. The first-order chi connectivity index (χ1) is 11.8. The number of fused-ring (bicyclic) bond motifs is 2. The highest BCUT2D eigenvalue weighted by atomic mass is 16.7. The second-order valence-electron chi connectivity index (χ2n) is 5.36. The van der Waals surface area contributed by atoms with Crippen LogP contribution in [-0.4, -0.2) is 19.1 Å². The maximum Gasteiger partial charge on any atom is 0.231 e. The van der Waals surface area contributed by atoms with E-state index < -0.39 is 0 Å². The average Bonchev–Trinajstić information content (AvgIpc) is 3.24. The van der Waals surface area contributed by atoms with Crippen LogP contribution in [0.3, 0.4) is 0 Å². The maximum atomic E-state index is 5.23. The quantitative estimate of drug-likeness (QED) is 0.798. The van der Waals surface area contributed by atoms with Crippen molar-refractivity contribution >= 4 is 0 Å². The standard InChI is InChI=1S/2C10H10O2.H2O/c2*1-2-3-8-4-5-9-10(6-8)12-7-11-9;/h2*2,4-6H,1,3,7H2;1H2. The van der Waals surface area contributed by atoms with Gasteiger partial charge in [-0.25, -0.2) is 0 Å². The fraction of sp³-hybridized carbons (Fsp3) is 0.200. The number of benzene rings is 2. The Bertz CT molecular complexity index is 675. The van der Waals surface area contributed by atoms with Gasteiger partial charge in [-0.2, -0.15) is 0 Å². The fourth-order valence-electron chi connectivity index (χ4n) is 2.47. The van der Waals surface area contributed by atoms with Crippen molar-refractivity contribution in [3.05, 3.63) is 72.8 Å². The van der Waals surface area contributed by atoms with Gasteiger partial charge in [0.1, 0.15) is 0 Å². The smallest absolute Gasteiger partial charge is 0.231 e. The van der Waals surface area contributed by atoms with Gasteiger partial charge >= 0.3 is 0 Å². The maximum absolute atomic E-state index is 5.23. The van der Waals surface area contributed by atoms with Crippen LogP contribution in [-0.2, 0) is 12.8 Å². The first-order valence-corrected chi connectivity index (χ1v) is 7.79. The zero-order valence-corrected chi connectivity index (χ0v) is 14.0. The van der Waals surface area contributed by atoms with Gasteiger partial charge < -0.3 is 24.4 Å². The van der Waals surface area contributed by atoms with Crippen molar-refractivity contribution in [2.75, 3.05) is 13.6 Å². The molecule has 0 spiro atoms. The normalized spacial score (nSPS) is 12.5. The predicted molar refractivity (Wildman–Crippen MR) is 96.5 cm³/mol. The van der Waals surface area contributed by atoms with Crippen molar-refractivity contribution in [2.24, 2.45) is 0 Å². The van der Waals surface area contributed by atoms with Gasteiger partial charge in [0.25, 0.3) is 0 Å². The topological polar surface area (TPSA) is 68.4 Å². The highest BCUT2D eigenvalue weighted by Crippen LogP contribution is 2.33. The molecular formula is C20H22O5. The monoisotopic (exact) mass is 342 g/mol. The lowest BCUT2D eigenvalue weighted by atomic mass is 10.1. The summed E-state index contributed by atoms with van der Waals surface area (Å²) in [5.41, 5.74) is 2.41. The van der Waals surface area contributed by atoms with Crippen molar-refractivity contribution < 1.29 is 24.4 Å². The molecule has 0 amide bonds. The van der Waals surface area contributed by atoms with Crippen LogP contribution in [0, 0.1) is 0 Å². The summed E-state index contributed by atoms with van der Waals surface area (Å²) in [5.74, 6) is 3.36. The third-order valence-electron chi connectivity index (χ3n) is 3.63. The second kappa shape index (κ2) is 8.80. The summed E-state index contributed by atoms with van der Waals surface area (Å²) >= 11 is 0. The lowest BCUT2D eigenvalue weighted by Crippen LogP contribution is -1.92. The van der Waals surface area contributed by atoms with Crippen LogP contribution in [0.5, 0.6) is 23.0 Å². The third-order valence-corrected chi connectivity index (χ3v) is 3.63. The van der Waals surface area contributed by atoms with E-state index in [1.807, 2.05) is 48.6 Å². The lowest BCUT2D eigenvalue weighted by Gasteiger charge is -1.98. The summed E-state index contributed by atoms with van der Waals surface area (Å²) in [6.45, 7) is 8.04. The summed E-state index contributed by atoms with van der Waals surface area (Å²) in [6, 6.07) is 11.9. The van der Waals surface area contributed by atoms with E-state index in [9.17, 15) is 0 Å². The minimum absolute atomic E-state index is 0. The predicted octanol–water partition coefficient (Wildman–Crippen LogP) is 3.46. The molecule has 5 nitrogen and oxygen atoms in total. The lowest BCUT2D eigenvalue weighted by molar-refractivity contribution is 0.173. The molecule has 2 aliphatic heterocycles. The molecular weight excluding hydrogens is 320 g/mol. The highest BCUT2D eigenvalue weighted by molar-refractivity contribution is 5.45. The Kier molecular flexibility index (Phi) is 6.48. The third kappa shape index (κ3) is 4.55. The molecule has 0 radical (unpaired) electrons. The van der Waals surface area contributed by atoms with Crippen molar-refractivity contribution in [1.82, 2.24) is 0 Å². The molecule has 0 saturated heterocycles. The Hall–Kier alpha value is -2.92. The molecule has 2 aromatic carbocycles. The first kappa shape index (κ1) is 18.4. The number of ether oxygens (including phenoxy) is 4. The van der Waals surface area contributed by atoms with Crippen molar-refractivity contribution in [2.45, 2.75) is 12.8 Å². The summed E-state index contributed by atoms with van der Waals surface area (Å²) in [6.07, 6.45) is 5.49. The van der Waals surface area contributed by atoms with Crippen molar-refractivity contribution in [1.29, 1.82) is 0 Å². The van der Waals surface area contributed by atoms with Gasteiger partial charge in [-0.05, 0) is 48.2 Å². The number of hydrogen-bond acceptors (Lipinski definition) is 4. The summed E-state index contributed by atoms with van der Waals surface area (Å²) in [7, 11) is 0. The second-order valence-corrected chi connectivity index (χ2v) is 5.36. The molecule has 4 rings (SSSR count). The molecule has 2 aromatic rings. The molecule has 2 heterocycles. The average molecular weight is 342 g/mol. The van der Waals surface area contributed by atoms with E-state index in [0.717, 1.165) is 35.8 Å². The molecule has 132 valence electrons. The van der Waals surface area contributed by atoms with Gasteiger partial charge in [0, 0.05) is 0 Å². The van der Waals surface area contributed by atoms with Gasteiger partial charge in [-0.1, -0.05) is 24.3 Å². The Labute approximate surface area is 147 Å². The van der Waals surface area contributed by atoms with Crippen LogP contribution in [0.2, 0.25) is 0 Å². The summed E-state index contributed by atoms with van der Waals surface area (Å²) < 4.78 is 20.8. The Balaban J connectivity index is 0.000000173. The number of allylic oxidation sites excluding steroid dienone is 2. The molecule has 0 aromatic heterocycles. The van der Waals surface area contributed by atoms with Gasteiger partial charge in [0.15, 0.2) is 23.0 Å². The van der Waals surface area contributed by atoms with Crippen LogP contribution < -0.4 is 18.9 Å². The molecule has 0 aliphatic carbocycles. The van der Waals surface area contributed by atoms with E-state index >= 15 is 0 Å². The molecule has 0 saturated carbocycles. The molecule has 0 bridgehead atoms. The van der Waals surface area contributed by atoms with E-state index in [1.54, 1.807) is 0 Å². The molecule has 0 fully saturated rings. The molecule has 0 unspecified atom stereocenters. The molecule has 0 atom stereocenters. The van der Waals surface area contributed by atoms with E-state index in [2.05, 4.69) is 13.2 Å². The van der Waals surface area contributed by atoms with E-state index in [4.69, 9.17) is 18.9 Å². The highest BCUT2D eigenvalue weighted by Gasteiger charge is 2.13. The van der Waals surface area contributed by atoms with Crippen LogP contribution in [0.4, 0.5) is 0 Å². The van der Waals surface area contributed by atoms with E-state index in [1.165, 1.54) is 11.1 Å². The van der Waals surface area contributed by atoms with E-state index in [0.29, 0.717) is 13.6 Å². The van der Waals surface area contributed by atoms with Gasteiger partial charge in [0.05, 0.1) is 0 Å². The minimum atomic E-state index is 0. The number of hydrogen-bond donors (Lipinski definition) is 0. The van der Waals surface area contributed by atoms with Crippen LogP contribution in [0.25, 0.3) is 0 Å². The molecule has 2 aliphatic rings. The van der Waals surface area contributed by atoms with Crippen LogP contribution >= 0.6 is 0 Å². The first-order valence-electron chi connectivity index (χ1n) is 7.79. The molecule has 5 heteroatoms. The fourth-order valence-corrected chi connectivity index (χ4v) is 2.47. The van der Waals surface area contributed by atoms with Crippen molar-refractivity contribution in [3.8, 4) is 23.0 Å². The van der Waals surface area contributed by atoms with Crippen LogP contribution in [0.15, 0.2) is 61.7 Å². The largest absolute Gasteiger partial charge is 0.454 e. The van der Waals surface area contributed by atoms with Gasteiger partial charge in [-0.15, -0.1) is 13.2 Å². The van der Waals surface area contributed by atoms with Gasteiger partial charge in [0.2, 0.25) is 13.6 Å². The van der Waals surface area contributed by atoms with Crippen molar-refractivity contribution in [3.63, 3.8) is 0 Å². The zero-order chi connectivity index (χ0) is 16.8. The zero-order valence-electron chi connectivity index (χ0n) is 14.0. The minimum Gasteiger partial charge on any atom is -0.454 e. The Morgan fingerprint density at radius 3 is 1.48 bits per heavy atom. The SMILES string of the molecule is C=CCc1ccc2c(c1)OCO2.C=CCc1ccc2c(c1)OCO2.O. The Morgan fingerprint density at radius 1 is 0.680 bits per heavy atom. The summed E-state index contributed by atoms with van der Waals surface area (Å²) in [4.78, 5) is 0. The van der Waals surface area contributed by atoms with Crippen LogP contribution in [0.1, 0.15) is 11.1 Å². The van der Waals surface area contributed by atoms with E-state index in [-0.39, 0.29) is 5.48 Å².